The Morgan fingerprint density at radius 2 is 2.19 bits per heavy atom. The van der Waals surface area contributed by atoms with E-state index in [1.54, 1.807) is 12.3 Å². The third-order valence-electron chi connectivity index (χ3n) is 2.16. The highest BCUT2D eigenvalue weighted by atomic mass is 35.5. The molecule has 1 unspecified atom stereocenters. The van der Waals surface area contributed by atoms with Gasteiger partial charge in [0, 0.05) is 11.3 Å². The minimum atomic E-state index is -4.17. The summed E-state index contributed by atoms with van der Waals surface area (Å²) in [5, 5.41) is 2.30. The molecule has 0 bridgehead atoms. The number of rotatable bonds is 4. The van der Waals surface area contributed by atoms with Crippen LogP contribution in [0.15, 0.2) is 5.38 Å². The topological polar surface area (TPSA) is 38.0 Å². The lowest BCUT2D eigenvalue weighted by Crippen LogP contribution is -2.28. The summed E-state index contributed by atoms with van der Waals surface area (Å²) in [7, 11) is 0. The van der Waals surface area contributed by atoms with E-state index in [0.717, 1.165) is 5.56 Å². The van der Waals surface area contributed by atoms with E-state index in [-0.39, 0.29) is 6.42 Å². The summed E-state index contributed by atoms with van der Waals surface area (Å²) in [6, 6.07) is -0.548. The lowest BCUT2D eigenvalue weighted by Gasteiger charge is -2.16. The van der Waals surface area contributed by atoms with E-state index in [2.05, 4.69) is 5.43 Å². The summed E-state index contributed by atoms with van der Waals surface area (Å²) < 4.78 is 36.2. The normalized spacial score (nSPS) is 14.1. The Hall–Kier alpha value is -0.300. The lowest BCUT2D eigenvalue weighted by molar-refractivity contribution is -0.136. The maximum Gasteiger partial charge on any atom is 0.389 e. The van der Waals surface area contributed by atoms with E-state index in [4.69, 9.17) is 17.4 Å². The molecule has 0 fully saturated rings. The average Bonchev–Trinajstić information content (AvgIpc) is 2.49. The maximum atomic E-state index is 12.1. The number of nitrogens with one attached hydrogen (secondary N) is 1. The first-order valence-corrected chi connectivity index (χ1v) is 5.87. The van der Waals surface area contributed by atoms with Crippen LogP contribution in [0.2, 0.25) is 5.02 Å². The van der Waals surface area contributed by atoms with Gasteiger partial charge in [0.25, 0.3) is 0 Å². The van der Waals surface area contributed by atoms with Crippen LogP contribution in [-0.4, -0.2) is 6.18 Å². The molecule has 1 rings (SSSR count). The number of halogens is 4. The van der Waals surface area contributed by atoms with Crippen molar-refractivity contribution >= 4 is 22.9 Å². The highest BCUT2D eigenvalue weighted by molar-refractivity contribution is 7.10. The van der Waals surface area contributed by atoms with Crippen LogP contribution < -0.4 is 11.3 Å². The number of hydrazine groups is 1. The van der Waals surface area contributed by atoms with Gasteiger partial charge in [-0.05, 0) is 24.3 Å². The van der Waals surface area contributed by atoms with Crippen molar-refractivity contribution in [3.63, 3.8) is 0 Å². The quantitative estimate of drug-likeness (QED) is 0.650. The summed E-state index contributed by atoms with van der Waals surface area (Å²) in [5.41, 5.74) is 3.23. The number of thiophene rings is 1. The summed E-state index contributed by atoms with van der Waals surface area (Å²) in [6.45, 7) is 1.81. The number of aryl methyl sites for hydroxylation is 1. The molecular weight excluding hydrogens is 261 g/mol. The smallest absolute Gasteiger partial charge is 0.271 e. The molecule has 0 aliphatic rings. The van der Waals surface area contributed by atoms with E-state index in [9.17, 15) is 13.2 Å². The Balaban J connectivity index is 2.72. The fraction of sp³-hybridized carbons (Fsp3) is 0.556. The molecule has 3 N–H and O–H groups in total. The van der Waals surface area contributed by atoms with Crippen molar-refractivity contribution in [1.29, 1.82) is 0 Å². The van der Waals surface area contributed by atoms with Gasteiger partial charge in [0.15, 0.2) is 0 Å². The third kappa shape index (κ3) is 3.62. The second-order valence-electron chi connectivity index (χ2n) is 3.47. The van der Waals surface area contributed by atoms with Crippen LogP contribution in [0, 0.1) is 6.92 Å². The van der Waals surface area contributed by atoms with Gasteiger partial charge in [-0.1, -0.05) is 11.6 Å². The van der Waals surface area contributed by atoms with Crippen LogP contribution in [0.25, 0.3) is 0 Å². The third-order valence-corrected chi connectivity index (χ3v) is 3.99. The molecule has 2 nitrogen and oxygen atoms in total. The molecule has 0 aliphatic carbocycles. The molecule has 92 valence electrons. The fourth-order valence-electron chi connectivity index (χ4n) is 1.28. The first-order chi connectivity index (χ1) is 7.35. The number of alkyl halides is 3. The lowest BCUT2D eigenvalue weighted by atomic mass is 10.1. The molecule has 0 aliphatic heterocycles. The zero-order valence-corrected chi connectivity index (χ0v) is 10.1. The zero-order valence-electron chi connectivity index (χ0n) is 8.57. The van der Waals surface area contributed by atoms with Crippen LogP contribution in [0.4, 0.5) is 13.2 Å². The van der Waals surface area contributed by atoms with Crippen LogP contribution in [-0.2, 0) is 0 Å². The van der Waals surface area contributed by atoms with Crippen LogP contribution in [0.5, 0.6) is 0 Å². The fourth-order valence-corrected chi connectivity index (χ4v) is 2.70. The highest BCUT2D eigenvalue weighted by Gasteiger charge is 2.29. The Labute approximate surface area is 101 Å². The first kappa shape index (κ1) is 13.8. The van der Waals surface area contributed by atoms with Crippen LogP contribution in [0.3, 0.4) is 0 Å². The van der Waals surface area contributed by atoms with Crippen molar-refractivity contribution in [1.82, 2.24) is 5.43 Å². The van der Waals surface area contributed by atoms with Gasteiger partial charge >= 0.3 is 6.18 Å². The molecule has 0 aromatic carbocycles. The van der Waals surface area contributed by atoms with Crippen molar-refractivity contribution in [2.75, 3.05) is 0 Å². The summed E-state index contributed by atoms with van der Waals surface area (Å²) >= 11 is 7.28. The van der Waals surface area contributed by atoms with Gasteiger partial charge < -0.3 is 0 Å². The number of nitrogens with two attached hydrogens (primary N) is 1. The molecule has 0 saturated heterocycles. The van der Waals surface area contributed by atoms with Crippen LogP contribution in [0.1, 0.15) is 29.3 Å². The van der Waals surface area contributed by atoms with Gasteiger partial charge in [-0.3, -0.25) is 11.3 Å². The van der Waals surface area contributed by atoms with E-state index >= 15 is 0 Å². The van der Waals surface area contributed by atoms with Crippen molar-refractivity contribution in [3.8, 4) is 0 Å². The molecule has 1 aromatic heterocycles. The summed E-state index contributed by atoms with van der Waals surface area (Å²) in [4.78, 5) is 0.658. The largest absolute Gasteiger partial charge is 0.389 e. The van der Waals surface area contributed by atoms with Crippen molar-refractivity contribution < 1.29 is 13.2 Å². The van der Waals surface area contributed by atoms with Gasteiger partial charge in [-0.2, -0.15) is 13.2 Å². The minimum Gasteiger partial charge on any atom is -0.271 e. The molecule has 16 heavy (non-hydrogen) atoms. The van der Waals surface area contributed by atoms with E-state index in [1.165, 1.54) is 11.3 Å². The van der Waals surface area contributed by atoms with E-state index in [0.29, 0.717) is 9.90 Å². The molecule has 7 heteroatoms. The average molecular weight is 273 g/mol. The summed E-state index contributed by atoms with van der Waals surface area (Å²) in [6.07, 6.45) is -5.16. The molecule has 0 radical (unpaired) electrons. The number of hydrogen-bond acceptors (Lipinski definition) is 3. The zero-order chi connectivity index (χ0) is 12.3. The Bertz CT molecular complexity index is 351. The standard InChI is InChI=1S/C9H12ClF3N2S/c1-5-4-16-8(7(5)10)6(15-14)2-3-9(11,12)13/h4,6,15H,2-3,14H2,1H3. The predicted molar refractivity (Wildman–Crippen MR) is 59.4 cm³/mol. The first-order valence-electron chi connectivity index (χ1n) is 4.61. The van der Waals surface area contributed by atoms with E-state index < -0.39 is 18.6 Å². The maximum absolute atomic E-state index is 12.1. The van der Waals surface area contributed by atoms with Gasteiger partial charge in [0.1, 0.15) is 0 Å². The Morgan fingerprint density at radius 3 is 2.56 bits per heavy atom. The highest BCUT2D eigenvalue weighted by Crippen LogP contribution is 2.35. The predicted octanol–water partition coefficient (Wildman–Crippen LogP) is 3.56. The van der Waals surface area contributed by atoms with Crippen LogP contribution >= 0.6 is 22.9 Å². The minimum absolute atomic E-state index is 0.111. The molecular formula is C9H12ClF3N2S. The monoisotopic (exact) mass is 272 g/mol. The van der Waals surface area contributed by atoms with Gasteiger partial charge in [0.2, 0.25) is 0 Å². The molecule has 0 spiro atoms. The van der Waals surface area contributed by atoms with E-state index in [1.807, 2.05) is 0 Å². The van der Waals surface area contributed by atoms with Gasteiger partial charge in [0.05, 0.1) is 11.1 Å². The Morgan fingerprint density at radius 1 is 1.56 bits per heavy atom. The molecule has 0 saturated carbocycles. The van der Waals surface area contributed by atoms with Crippen molar-refractivity contribution in [2.45, 2.75) is 32.0 Å². The number of hydrogen-bond donors (Lipinski definition) is 2. The molecule has 1 atom stereocenters. The molecule has 1 heterocycles. The van der Waals surface area contributed by atoms with Crippen molar-refractivity contribution in [2.24, 2.45) is 5.84 Å². The second-order valence-corrected chi connectivity index (χ2v) is 4.76. The second kappa shape index (κ2) is 5.35. The Kier molecular flexibility index (Phi) is 4.61. The summed E-state index contributed by atoms with van der Waals surface area (Å²) in [5.74, 6) is 5.24. The van der Waals surface area contributed by atoms with Gasteiger partial charge in [-0.15, -0.1) is 11.3 Å². The SMILES string of the molecule is Cc1csc(C(CCC(F)(F)F)NN)c1Cl. The van der Waals surface area contributed by atoms with Crippen molar-refractivity contribution in [3.05, 3.63) is 20.8 Å². The molecule has 0 amide bonds. The molecule has 1 aromatic rings. The van der Waals surface area contributed by atoms with Gasteiger partial charge in [-0.25, -0.2) is 0 Å².